The van der Waals surface area contributed by atoms with Crippen LogP contribution in [0.4, 0.5) is 0 Å². The van der Waals surface area contributed by atoms with Crippen LogP contribution in [0.1, 0.15) is 47.8 Å². The number of benzene rings is 5. The Morgan fingerprint density at radius 1 is 0.615 bits per heavy atom. The molecule has 0 N–H and O–H groups in total. The van der Waals surface area contributed by atoms with Crippen LogP contribution >= 0.6 is 0 Å². The van der Waals surface area contributed by atoms with Crippen molar-refractivity contribution < 1.29 is 0 Å². The highest BCUT2D eigenvalue weighted by atomic mass is 15.6. The van der Waals surface area contributed by atoms with Crippen molar-refractivity contribution in [2.24, 2.45) is 0 Å². The third-order valence-corrected chi connectivity index (χ3v) is 9.66. The fourth-order valence-electron chi connectivity index (χ4n) is 7.19. The molecule has 0 aliphatic heterocycles. The van der Waals surface area contributed by atoms with E-state index < -0.39 is 5.54 Å². The van der Waals surface area contributed by atoms with Crippen LogP contribution in [0.3, 0.4) is 0 Å². The van der Waals surface area contributed by atoms with Gasteiger partial charge in [-0.2, -0.15) is 0 Å². The molecule has 0 fully saturated rings. The van der Waals surface area contributed by atoms with Gasteiger partial charge < -0.3 is 4.57 Å². The molecule has 0 saturated carbocycles. The van der Waals surface area contributed by atoms with Gasteiger partial charge in [0.1, 0.15) is 17.1 Å². The smallest absolute Gasteiger partial charge is 0.184 e. The minimum Gasteiger partial charge on any atom is -0.330 e. The van der Waals surface area contributed by atoms with Gasteiger partial charge in [-0.05, 0) is 68.4 Å². The van der Waals surface area contributed by atoms with E-state index in [0.29, 0.717) is 12.4 Å². The Hall–Kier alpha value is -6.47. The topological polar surface area (TPSA) is 74.3 Å². The predicted molar refractivity (Wildman–Crippen MR) is 206 cm³/mol. The lowest BCUT2D eigenvalue weighted by Crippen LogP contribution is -2.39. The second-order valence-electron chi connectivity index (χ2n) is 13.0. The molecule has 0 bridgehead atoms. The minimum absolute atomic E-state index is 0.643. The Labute approximate surface area is 304 Å². The van der Waals surface area contributed by atoms with Crippen molar-refractivity contribution in [2.75, 3.05) is 0 Å². The minimum atomic E-state index is -0.873. The van der Waals surface area contributed by atoms with Gasteiger partial charge >= 0.3 is 0 Å². The highest BCUT2D eigenvalue weighted by molar-refractivity contribution is 5.81. The second kappa shape index (κ2) is 14.8. The Bertz CT molecular complexity index is 2260. The maximum atomic E-state index is 5.06. The number of aryl methyl sites for hydroxylation is 1. The Kier molecular flexibility index (Phi) is 9.31. The first-order valence-electron chi connectivity index (χ1n) is 17.9. The molecule has 0 unspecified atom stereocenters. The molecule has 0 spiro atoms. The van der Waals surface area contributed by atoms with Gasteiger partial charge in [-0.25, -0.2) is 9.67 Å². The number of hydrogen-bond donors (Lipinski definition) is 0. The monoisotopic (exact) mass is 677 g/mol. The predicted octanol–water partition coefficient (Wildman–Crippen LogP) is 9.50. The van der Waals surface area contributed by atoms with Crippen LogP contribution in [0.2, 0.25) is 0 Å². The van der Waals surface area contributed by atoms with E-state index in [1.54, 1.807) is 0 Å². The maximum absolute atomic E-state index is 5.06. The van der Waals surface area contributed by atoms with Gasteiger partial charge in [0, 0.05) is 30.9 Å². The number of rotatable bonds is 12. The van der Waals surface area contributed by atoms with Gasteiger partial charge in [0.15, 0.2) is 5.82 Å². The Morgan fingerprint density at radius 2 is 1.23 bits per heavy atom. The van der Waals surface area contributed by atoms with Crippen molar-refractivity contribution in [3.63, 3.8) is 0 Å². The molecular formula is C45H39N7. The van der Waals surface area contributed by atoms with E-state index >= 15 is 0 Å². The first-order valence-corrected chi connectivity index (χ1v) is 17.9. The zero-order valence-corrected chi connectivity index (χ0v) is 29.1. The summed E-state index contributed by atoms with van der Waals surface area (Å²) in [6.07, 6.45) is 7.00. The summed E-state index contributed by atoms with van der Waals surface area (Å²) in [5.41, 5.74) is 8.26. The number of hydrogen-bond acceptors (Lipinski definition) is 5. The van der Waals surface area contributed by atoms with Gasteiger partial charge in [-0.3, -0.25) is 4.98 Å². The van der Waals surface area contributed by atoms with Crippen LogP contribution < -0.4 is 0 Å². The van der Waals surface area contributed by atoms with Crippen LogP contribution in [0.25, 0.3) is 33.9 Å². The standard InChI is InChI=1S/C45H39N7/c1-2-3-27-43-47-42(41-26-16-17-30-46-41)33-51(43)32-34-28-29-39(35-18-8-4-9-19-35)40(31-34)44-48-49-50-52(44)45(36-20-10-5-11-21-36,37-22-12-6-13-23-37)38-24-14-7-15-25-38/h4-26,28-31,33H,2-3,27,32H2,1H3. The van der Waals surface area contributed by atoms with E-state index in [9.17, 15) is 0 Å². The van der Waals surface area contributed by atoms with Gasteiger partial charge in [0.25, 0.3) is 0 Å². The van der Waals surface area contributed by atoms with Crippen molar-refractivity contribution in [1.82, 2.24) is 34.7 Å². The molecule has 0 radical (unpaired) electrons. The highest BCUT2D eigenvalue weighted by Gasteiger charge is 2.42. The fourth-order valence-corrected chi connectivity index (χ4v) is 7.19. The lowest BCUT2D eigenvalue weighted by atomic mass is 9.77. The lowest BCUT2D eigenvalue weighted by Gasteiger charge is -2.36. The number of aromatic nitrogens is 7. The first-order chi connectivity index (χ1) is 25.8. The third-order valence-electron chi connectivity index (χ3n) is 9.66. The molecule has 52 heavy (non-hydrogen) atoms. The van der Waals surface area contributed by atoms with Crippen molar-refractivity contribution >= 4 is 0 Å². The number of tetrazole rings is 1. The Balaban J connectivity index is 1.34. The zero-order valence-electron chi connectivity index (χ0n) is 29.1. The zero-order chi connectivity index (χ0) is 35.2. The van der Waals surface area contributed by atoms with Crippen LogP contribution in [-0.2, 0) is 18.5 Å². The fraction of sp³-hybridized carbons (Fsp3) is 0.133. The number of nitrogens with zero attached hydrogens (tertiary/aromatic N) is 7. The SMILES string of the molecule is CCCCc1nc(-c2ccccn2)cn1Cc1ccc(-c2ccccc2)c(-c2nnnn2C(c2ccccc2)(c2ccccc2)c2ccccc2)c1. The lowest BCUT2D eigenvalue weighted by molar-refractivity contribution is 0.451. The summed E-state index contributed by atoms with van der Waals surface area (Å²) in [7, 11) is 0. The molecule has 254 valence electrons. The molecule has 5 aromatic carbocycles. The molecule has 3 aromatic heterocycles. The van der Waals surface area contributed by atoms with E-state index in [-0.39, 0.29) is 0 Å². The van der Waals surface area contributed by atoms with E-state index in [2.05, 4.69) is 143 Å². The summed E-state index contributed by atoms with van der Waals surface area (Å²) in [6, 6.07) is 54.7. The van der Waals surface area contributed by atoms with Crippen LogP contribution in [-0.4, -0.2) is 34.7 Å². The molecule has 0 aliphatic rings. The van der Waals surface area contributed by atoms with Gasteiger partial charge in [-0.15, -0.1) is 5.10 Å². The van der Waals surface area contributed by atoms with Crippen LogP contribution in [0, 0.1) is 0 Å². The first kappa shape index (κ1) is 32.7. The number of unbranched alkanes of at least 4 members (excludes halogenated alkanes) is 1. The normalized spacial score (nSPS) is 11.5. The summed E-state index contributed by atoms with van der Waals surface area (Å²) >= 11 is 0. The maximum Gasteiger partial charge on any atom is 0.184 e. The molecule has 7 nitrogen and oxygen atoms in total. The van der Waals surface area contributed by atoms with Gasteiger partial charge in [-0.1, -0.05) is 153 Å². The van der Waals surface area contributed by atoms with Crippen molar-refractivity contribution in [3.8, 4) is 33.9 Å². The molecule has 0 saturated heterocycles. The van der Waals surface area contributed by atoms with Crippen LogP contribution in [0.15, 0.2) is 170 Å². The average Bonchev–Trinajstić information content (AvgIpc) is 3.87. The van der Waals surface area contributed by atoms with Crippen molar-refractivity contribution in [2.45, 2.75) is 38.3 Å². The Morgan fingerprint density at radius 3 is 1.83 bits per heavy atom. The second-order valence-corrected chi connectivity index (χ2v) is 13.0. The van der Waals surface area contributed by atoms with Crippen LogP contribution in [0.5, 0.6) is 0 Å². The molecular weight excluding hydrogens is 639 g/mol. The summed E-state index contributed by atoms with van der Waals surface area (Å²) in [5, 5.41) is 14.1. The average molecular weight is 678 g/mol. The van der Waals surface area contributed by atoms with Gasteiger partial charge in [0.05, 0.1) is 5.69 Å². The molecule has 3 heterocycles. The van der Waals surface area contributed by atoms with Crippen molar-refractivity contribution in [3.05, 3.63) is 198 Å². The molecule has 8 aromatic rings. The van der Waals surface area contributed by atoms with Gasteiger partial charge in [0.2, 0.25) is 0 Å². The van der Waals surface area contributed by atoms with E-state index in [1.165, 1.54) is 0 Å². The van der Waals surface area contributed by atoms with Crippen molar-refractivity contribution in [1.29, 1.82) is 0 Å². The molecule has 0 aliphatic carbocycles. The molecule has 0 atom stereocenters. The van der Waals surface area contributed by atoms with E-state index in [0.717, 1.165) is 75.4 Å². The van der Waals surface area contributed by atoms with E-state index in [4.69, 9.17) is 15.3 Å². The molecule has 8 rings (SSSR count). The number of imidazole rings is 1. The summed E-state index contributed by atoms with van der Waals surface area (Å²) < 4.78 is 4.29. The molecule has 7 heteroatoms. The summed E-state index contributed by atoms with van der Waals surface area (Å²) in [6.45, 7) is 2.86. The quantitative estimate of drug-likeness (QED) is 0.121. The highest BCUT2D eigenvalue weighted by Crippen LogP contribution is 2.43. The van der Waals surface area contributed by atoms with E-state index in [1.807, 2.05) is 53.3 Å². The summed E-state index contributed by atoms with van der Waals surface area (Å²) in [5.74, 6) is 1.72. The largest absolute Gasteiger partial charge is 0.330 e. The third kappa shape index (κ3) is 6.22. The molecule has 0 amide bonds. The summed E-state index contributed by atoms with van der Waals surface area (Å²) in [4.78, 5) is 9.65. The number of pyridine rings is 1.